The molecule has 164 valence electrons. The number of morpholine rings is 1. The van der Waals surface area contributed by atoms with E-state index in [1.54, 1.807) is 0 Å². The molecule has 0 spiro atoms. The summed E-state index contributed by atoms with van der Waals surface area (Å²) in [5.41, 5.74) is 2.73. The minimum atomic E-state index is -0.292. The summed E-state index contributed by atoms with van der Waals surface area (Å²) in [6.07, 6.45) is 0. The summed E-state index contributed by atoms with van der Waals surface area (Å²) in [5.74, 6) is 0.983. The van der Waals surface area contributed by atoms with Gasteiger partial charge in [0.05, 0.1) is 29.6 Å². The average Bonchev–Trinajstić information content (AvgIpc) is 3.06. The third kappa shape index (κ3) is 4.94. The Morgan fingerprint density at radius 1 is 1.35 bits per heavy atom. The molecular formula is C22H26N4O3S2. The molecule has 0 radical (unpaired) electrons. The van der Waals surface area contributed by atoms with Crippen LogP contribution in [-0.2, 0) is 15.3 Å². The molecule has 9 heteroatoms. The highest BCUT2D eigenvalue weighted by Crippen LogP contribution is 2.27. The fourth-order valence-corrected chi connectivity index (χ4v) is 5.30. The molecule has 1 unspecified atom stereocenters. The van der Waals surface area contributed by atoms with Gasteiger partial charge in [-0.05, 0) is 44.5 Å². The number of fused-ring (bicyclic) bond motifs is 1. The summed E-state index contributed by atoms with van der Waals surface area (Å²) in [6.45, 7) is 8.94. The molecule has 2 aromatic heterocycles. The van der Waals surface area contributed by atoms with Crippen molar-refractivity contribution in [2.75, 3.05) is 36.5 Å². The van der Waals surface area contributed by atoms with Crippen LogP contribution in [0.25, 0.3) is 10.2 Å². The molecule has 3 aromatic rings. The zero-order valence-corrected chi connectivity index (χ0v) is 19.5. The first-order valence-corrected chi connectivity index (χ1v) is 12.1. The molecule has 7 nitrogen and oxygen atoms in total. The molecule has 4 rings (SSSR count). The summed E-state index contributed by atoms with van der Waals surface area (Å²) in [5, 5.41) is 3.38. The smallest absolute Gasteiger partial charge is 0.259 e. The number of thiophene rings is 1. The van der Waals surface area contributed by atoms with Crippen molar-refractivity contribution < 1.29 is 9.53 Å². The molecule has 0 bridgehead atoms. The van der Waals surface area contributed by atoms with E-state index in [1.165, 1.54) is 23.1 Å². The van der Waals surface area contributed by atoms with Gasteiger partial charge in [0.1, 0.15) is 10.7 Å². The van der Waals surface area contributed by atoms with Gasteiger partial charge in [-0.3, -0.25) is 9.59 Å². The second-order valence-electron chi connectivity index (χ2n) is 7.57. The summed E-state index contributed by atoms with van der Waals surface area (Å²) >= 11 is 2.98. The largest absolute Gasteiger partial charge is 0.378 e. The Bertz CT molecular complexity index is 1150. The van der Waals surface area contributed by atoms with Gasteiger partial charge >= 0.3 is 0 Å². The lowest BCUT2D eigenvalue weighted by atomic mass is 10.2. The van der Waals surface area contributed by atoms with Crippen LogP contribution in [0, 0.1) is 13.8 Å². The van der Waals surface area contributed by atoms with Crippen molar-refractivity contribution in [3.63, 3.8) is 0 Å². The minimum absolute atomic E-state index is 0.0737. The number of carbonyl (C=O) groups excluding carboxylic acids is 1. The predicted octanol–water partition coefficient (Wildman–Crippen LogP) is 3.70. The number of nitrogens with zero attached hydrogens (tertiary/aromatic N) is 2. The number of thioether (sulfide) groups is 1. The second kappa shape index (κ2) is 9.42. The maximum Gasteiger partial charge on any atom is 0.259 e. The van der Waals surface area contributed by atoms with E-state index in [1.807, 2.05) is 45.0 Å². The van der Waals surface area contributed by atoms with E-state index < -0.39 is 0 Å². The number of rotatable bonds is 6. The number of aryl methyl sites for hydroxylation is 2. The van der Waals surface area contributed by atoms with Gasteiger partial charge in [-0.2, -0.15) is 0 Å². The first kappa shape index (κ1) is 21.9. The standard InChI is InChI=1S/C22H26N4O3S2/c1-13-14(2)31-22-19(13)21(28)24-18(25-22)12-30-15(3)20(27)23-16-5-4-6-17(11-16)26-7-9-29-10-8-26/h4-6,11,15H,7-10,12H2,1-3H3,(H,23,27)(H,24,25,28). The number of hydrogen-bond acceptors (Lipinski definition) is 7. The quantitative estimate of drug-likeness (QED) is 0.586. The van der Waals surface area contributed by atoms with Crippen LogP contribution >= 0.6 is 23.1 Å². The van der Waals surface area contributed by atoms with Crippen molar-refractivity contribution in [1.82, 2.24) is 9.97 Å². The maximum absolute atomic E-state index is 12.7. The number of aromatic amines is 1. The van der Waals surface area contributed by atoms with E-state index in [0.717, 1.165) is 52.9 Å². The Morgan fingerprint density at radius 2 is 2.13 bits per heavy atom. The fraction of sp³-hybridized carbons (Fsp3) is 0.409. The predicted molar refractivity (Wildman–Crippen MR) is 129 cm³/mol. The lowest BCUT2D eigenvalue weighted by Gasteiger charge is -2.29. The van der Waals surface area contributed by atoms with Gasteiger partial charge in [0, 0.05) is 29.3 Å². The highest BCUT2D eigenvalue weighted by molar-refractivity contribution is 7.99. The monoisotopic (exact) mass is 458 g/mol. The van der Waals surface area contributed by atoms with Crippen molar-refractivity contribution in [1.29, 1.82) is 0 Å². The summed E-state index contributed by atoms with van der Waals surface area (Å²) in [4.78, 5) is 36.7. The molecule has 1 atom stereocenters. The Morgan fingerprint density at radius 3 is 2.90 bits per heavy atom. The Labute approximate surface area is 189 Å². The van der Waals surface area contributed by atoms with Gasteiger partial charge in [-0.1, -0.05) is 6.07 Å². The van der Waals surface area contributed by atoms with Gasteiger partial charge in [0.25, 0.3) is 5.56 Å². The number of ether oxygens (including phenoxy) is 1. The number of nitrogens with one attached hydrogen (secondary N) is 2. The first-order chi connectivity index (χ1) is 14.9. The van der Waals surface area contributed by atoms with Crippen LogP contribution in [0.4, 0.5) is 11.4 Å². The molecule has 1 amide bonds. The van der Waals surface area contributed by atoms with E-state index in [2.05, 4.69) is 20.2 Å². The van der Waals surface area contributed by atoms with Crippen LogP contribution in [0.1, 0.15) is 23.2 Å². The number of carbonyl (C=O) groups is 1. The van der Waals surface area contributed by atoms with Gasteiger partial charge in [-0.25, -0.2) is 4.98 Å². The zero-order chi connectivity index (χ0) is 22.0. The molecule has 1 saturated heterocycles. The van der Waals surface area contributed by atoms with Crippen molar-refractivity contribution in [3.8, 4) is 0 Å². The first-order valence-electron chi connectivity index (χ1n) is 10.3. The van der Waals surface area contributed by atoms with Crippen LogP contribution in [-0.4, -0.2) is 47.4 Å². The number of H-pyrrole nitrogens is 1. The summed E-state index contributed by atoms with van der Waals surface area (Å²) < 4.78 is 5.41. The van der Waals surface area contributed by atoms with Crippen molar-refractivity contribution in [3.05, 3.63) is 50.9 Å². The van der Waals surface area contributed by atoms with Gasteiger partial charge in [-0.15, -0.1) is 23.1 Å². The van der Waals surface area contributed by atoms with Gasteiger partial charge < -0.3 is 19.9 Å². The van der Waals surface area contributed by atoms with Crippen molar-refractivity contribution in [2.45, 2.75) is 31.8 Å². The lowest BCUT2D eigenvalue weighted by molar-refractivity contribution is -0.115. The molecule has 1 fully saturated rings. The van der Waals surface area contributed by atoms with E-state index in [0.29, 0.717) is 17.0 Å². The van der Waals surface area contributed by atoms with Crippen LogP contribution in [0.15, 0.2) is 29.1 Å². The second-order valence-corrected chi connectivity index (χ2v) is 10.1. The molecule has 0 aliphatic carbocycles. The Kier molecular flexibility index (Phi) is 6.64. The zero-order valence-electron chi connectivity index (χ0n) is 17.9. The average molecular weight is 459 g/mol. The SMILES string of the molecule is Cc1sc2nc(CSC(C)C(=O)Nc3cccc(N4CCOCC4)c3)[nH]c(=O)c2c1C. The van der Waals surface area contributed by atoms with E-state index >= 15 is 0 Å². The molecule has 1 aromatic carbocycles. The third-order valence-electron chi connectivity index (χ3n) is 5.42. The van der Waals surface area contributed by atoms with Crippen molar-refractivity contribution >= 4 is 50.6 Å². The van der Waals surface area contributed by atoms with Crippen LogP contribution in [0.3, 0.4) is 0 Å². The maximum atomic E-state index is 12.7. The lowest BCUT2D eigenvalue weighted by Crippen LogP contribution is -2.36. The molecular weight excluding hydrogens is 432 g/mol. The summed E-state index contributed by atoms with van der Waals surface area (Å²) in [6, 6.07) is 7.89. The number of benzene rings is 1. The Hall–Kier alpha value is -2.36. The number of anilines is 2. The van der Waals surface area contributed by atoms with E-state index in [-0.39, 0.29) is 16.7 Å². The van der Waals surface area contributed by atoms with E-state index in [9.17, 15) is 9.59 Å². The van der Waals surface area contributed by atoms with Crippen LogP contribution in [0.2, 0.25) is 0 Å². The summed E-state index contributed by atoms with van der Waals surface area (Å²) in [7, 11) is 0. The number of aromatic nitrogens is 2. The van der Waals surface area contributed by atoms with Crippen LogP contribution in [0.5, 0.6) is 0 Å². The molecule has 3 heterocycles. The molecule has 31 heavy (non-hydrogen) atoms. The van der Waals surface area contributed by atoms with Gasteiger partial charge in [0.2, 0.25) is 5.91 Å². The fourth-order valence-electron chi connectivity index (χ4n) is 3.49. The highest BCUT2D eigenvalue weighted by Gasteiger charge is 2.17. The van der Waals surface area contributed by atoms with Gasteiger partial charge in [0.15, 0.2) is 0 Å². The third-order valence-corrected chi connectivity index (χ3v) is 7.67. The minimum Gasteiger partial charge on any atom is -0.378 e. The molecule has 1 aliphatic rings. The topological polar surface area (TPSA) is 87.3 Å². The Balaban J connectivity index is 1.38. The van der Waals surface area contributed by atoms with Crippen LogP contribution < -0.4 is 15.8 Å². The number of hydrogen-bond donors (Lipinski definition) is 2. The van der Waals surface area contributed by atoms with Crippen molar-refractivity contribution in [2.24, 2.45) is 0 Å². The molecule has 2 N–H and O–H groups in total. The normalized spacial score (nSPS) is 15.3. The molecule has 0 saturated carbocycles. The highest BCUT2D eigenvalue weighted by atomic mass is 32.2. The van der Waals surface area contributed by atoms with E-state index in [4.69, 9.17) is 4.74 Å². The number of amides is 1. The molecule has 1 aliphatic heterocycles.